The number of amides is 2. The van der Waals surface area contributed by atoms with Gasteiger partial charge in [-0.25, -0.2) is 0 Å². The van der Waals surface area contributed by atoms with Gasteiger partial charge in [-0.05, 0) is 42.3 Å². The van der Waals surface area contributed by atoms with Crippen molar-refractivity contribution in [3.8, 4) is 17.2 Å². The number of rotatable bonds is 8. The number of benzene rings is 2. The molecule has 0 unspecified atom stereocenters. The third kappa shape index (κ3) is 5.16. The summed E-state index contributed by atoms with van der Waals surface area (Å²) in [6.45, 7) is 3.53. The van der Waals surface area contributed by atoms with Crippen molar-refractivity contribution in [1.29, 1.82) is 0 Å². The molecule has 0 aliphatic carbocycles. The molecule has 0 aliphatic heterocycles. The number of carbonyl (C=O) groups excluding carboxylic acids is 2. The third-order valence-corrected chi connectivity index (χ3v) is 4.24. The fraction of sp³-hybridized carbons (Fsp3) is 0.333. The van der Waals surface area contributed by atoms with E-state index in [1.54, 1.807) is 32.4 Å². The topological polar surface area (TPSA) is 77.1 Å². The summed E-state index contributed by atoms with van der Waals surface area (Å²) in [6.07, 6.45) is 0. The van der Waals surface area contributed by atoms with E-state index >= 15 is 0 Å². The van der Waals surface area contributed by atoms with Crippen LogP contribution in [0.3, 0.4) is 0 Å². The van der Waals surface area contributed by atoms with E-state index in [9.17, 15) is 9.59 Å². The highest BCUT2D eigenvalue weighted by molar-refractivity contribution is 5.98. The molecule has 7 heteroatoms. The van der Waals surface area contributed by atoms with E-state index in [-0.39, 0.29) is 18.4 Å². The number of nitrogens with zero attached hydrogens (tertiary/aromatic N) is 1. The van der Waals surface area contributed by atoms with Crippen molar-refractivity contribution >= 4 is 17.5 Å². The second-order valence-electron chi connectivity index (χ2n) is 6.25. The molecule has 2 rings (SSSR count). The number of hydrogen-bond donors (Lipinski definition) is 1. The normalized spacial score (nSPS) is 10.2. The molecule has 0 heterocycles. The second kappa shape index (κ2) is 9.64. The van der Waals surface area contributed by atoms with Gasteiger partial charge in [-0.15, -0.1) is 0 Å². The minimum Gasteiger partial charge on any atom is -0.495 e. The van der Waals surface area contributed by atoms with E-state index in [1.165, 1.54) is 18.9 Å². The fourth-order valence-corrected chi connectivity index (χ4v) is 2.77. The summed E-state index contributed by atoms with van der Waals surface area (Å²) in [7, 11) is 4.65. The Hall–Kier alpha value is -3.22. The first-order chi connectivity index (χ1) is 13.4. The fourth-order valence-electron chi connectivity index (χ4n) is 2.77. The van der Waals surface area contributed by atoms with Crippen LogP contribution in [0.4, 0.5) is 5.69 Å². The zero-order valence-electron chi connectivity index (χ0n) is 16.9. The van der Waals surface area contributed by atoms with E-state index < -0.39 is 0 Å². The molecule has 0 saturated carbocycles. The Morgan fingerprint density at radius 3 is 2.18 bits per heavy atom. The Morgan fingerprint density at radius 2 is 1.57 bits per heavy atom. The molecular formula is C21H26N2O5. The molecular weight excluding hydrogens is 360 g/mol. The molecule has 0 aliphatic rings. The molecule has 0 spiro atoms. The highest BCUT2D eigenvalue weighted by Crippen LogP contribution is 2.29. The zero-order valence-corrected chi connectivity index (χ0v) is 16.9. The van der Waals surface area contributed by atoms with Gasteiger partial charge in [-0.3, -0.25) is 14.5 Å². The molecule has 1 N–H and O–H groups in total. The third-order valence-electron chi connectivity index (χ3n) is 4.24. The van der Waals surface area contributed by atoms with Gasteiger partial charge in [0, 0.05) is 13.5 Å². The lowest BCUT2D eigenvalue weighted by molar-refractivity contribution is -0.123. The maximum absolute atomic E-state index is 12.5. The van der Waals surface area contributed by atoms with Crippen molar-refractivity contribution in [3.63, 3.8) is 0 Å². The summed E-state index contributed by atoms with van der Waals surface area (Å²) in [5.74, 6) is 1.21. The van der Waals surface area contributed by atoms with Crippen LogP contribution in [-0.2, 0) is 16.1 Å². The summed E-state index contributed by atoms with van der Waals surface area (Å²) < 4.78 is 15.8. The van der Waals surface area contributed by atoms with Gasteiger partial charge in [0.05, 0.1) is 27.0 Å². The predicted molar refractivity (Wildman–Crippen MR) is 107 cm³/mol. The van der Waals surface area contributed by atoms with Crippen LogP contribution in [0.5, 0.6) is 17.2 Å². The molecule has 0 atom stereocenters. The average molecular weight is 386 g/mol. The van der Waals surface area contributed by atoms with Crippen LogP contribution in [0, 0.1) is 6.92 Å². The monoisotopic (exact) mass is 386 g/mol. The molecule has 0 saturated heterocycles. The van der Waals surface area contributed by atoms with Gasteiger partial charge in [0.1, 0.15) is 12.3 Å². The molecule has 2 amide bonds. The molecule has 0 bridgehead atoms. The van der Waals surface area contributed by atoms with E-state index in [0.717, 1.165) is 11.1 Å². The lowest BCUT2D eigenvalue weighted by atomic mass is 10.2. The average Bonchev–Trinajstić information content (AvgIpc) is 2.69. The Morgan fingerprint density at radius 1 is 0.929 bits per heavy atom. The number of anilines is 1. The molecule has 0 fully saturated rings. The molecule has 2 aromatic rings. The smallest absolute Gasteiger partial charge is 0.240 e. The second-order valence-corrected chi connectivity index (χ2v) is 6.25. The number of hydrogen-bond acceptors (Lipinski definition) is 5. The van der Waals surface area contributed by atoms with E-state index in [0.29, 0.717) is 29.5 Å². The van der Waals surface area contributed by atoms with Gasteiger partial charge in [-0.1, -0.05) is 12.1 Å². The van der Waals surface area contributed by atoms with Gasteiger partial charge in [0.25, 0.3) is 0 Å². The van der Waals surface area contributed by atoms with Crippen LogP contribution < -0.4 is 24.4 Å². The summed E-state index contributed by atoms with van der Waals surface area (Å²) in [6, 6.07) is 10.9. The van der Waals surface area contributed by atoms with Gasteiger partial charge in [0.2, 0.25) is 11.8 Å². The SMILES string of the molecule is COc1ccc(CNC(=O)CN(C(C)=O)c2cc(C)ccc2OC)cc1OC. The Labute approximate surface area is 165 Å². The quantitative estimate of drug-likeness (QED) is 0.755. The van der Waals surface area contributed by atoms with Crippen LogP contribution in [0.2, 0.25) is 0 Å². The number of aryl methyl sites for hydroxylation is 1. The van der Waals surface area contributed by atoms with Crippen LogP contribution >= 0.6 is 0 Å². The molecule has 0 radical (unpaired) electrons. The first kappa shape index (κ1) is 21.1. The summed E-state index contributed by atoms with van der Waals surface area (Å²) in [4.78, 5) is 26.0. The summed E-state index contributed by atoms with van der Waals surface area (Å²) in [5.41, 5.74) is 2.39. The van der Waals surface area contributed by atoms with Gasteiger partial charge in [0.15, 0.2) is 11.5 Å². The standard InChI is InChI=1S/C21H26N2O5/c1-14-6-8-18(26-3)17(10-14)23(15(2)24)13-21(25)22-12-16-7-9-19(27-4)20(11-16)28-5/h6-11H,12-13H2,1-5H3,(H,22,25). The molecule has 0 aromatic heterocycles. The van der Waals surface area contributed by atoms with Crippen molar-refractivity contribution < 1.29 is 23.8 Å². The van der Waals surface area contributed by atoms with E-state index in [4.69, 9.17) is 14.2 Å². The first-order valence-corrected chi connectivity index (χ1v) is 8.80. The van der Waals surface area contributed by atoms with Crippen molar-refractivity contribution in [2.45, 2.75) is 20.4 Å². The lowest BCUT2D eigenvalue weighted by Crippen LogP contribution is -2.39. The molecule has 2 aromatic carbocycles. The molecule has 150 valence electrons. The summed E-state index contributed by atoms with van der Waals surface area (Å²) >= 11 is 0. The number of ether oxygens (including phenoxy) is 3. The Balaban J connectivity index is 2.10. The largest absolute Gasteiger partial charge is 0.495 e. The zero-order chi connectivity index (χ0) is 20.7. The minimum absolute atomic E-state index is 0.109. The summed E-state index contributed by atoms with van der Waals surface area (Å²) in [5, 5.41) is 2.82. The number of carbonyl (C=O) groups is 2. The van der Waals surface area contributed by atoms with Crippen LogP contribution in [0.1, 0.15) is 18.1 Å². The van der Waals surface area contributed by atoms with Crippen molar-refractivity contribution in [3.05, 3.63) is 47.5 Å². The lowest BCUT2D eigenvalue weighted by Gasteiger charge is -2.23. The van der Waals surface area contributed by atoms with E-state index in [2.05, 4.69) is 5.32 Å². The van der Waals surface area contributed by atoms with Crippen molar-refractivity contribution in [2.24, 2.45) is 0 Å². The van der Waals surface area contributed by atoms with Crippen LogP contribution in [0.15, 0.2) is 36.4 Å². The minimum atomic E-state index is -0.284. The first-order valence-electron chi connectivity index (χ1n) is 8.80. The van der Waals surface area contributed by atoms with Crippen molar-refractivity contribution in [1.82, 2.24) is 5.32 Å². The highest BCUT2D eigenvalue weighted by Gasteiger charge is 2.19. The van der Waals surface area contributed by atoms with Gasteiger partial charge in [-0.2, -0.15) is 0 Å². The maximum atomic E-state index is 12.5. The number of methoxy groups -OCH3 is 3. The Kier molecular flexibility index (Phi) is 7.26. The maximum Gasteiger partial charge on any atom is 0.240 e. The van der Waals surface area contributed by atoms with Gasteiger partial charge < -0.3 is 19.5 Å². The molecule has 28 heavy (non-hydrogen) atoms. The number of nitrogens with one attached hydrogen (secondary N) is 1. The van der Waals surface area contributed by atoms with Crippen LogP contribution in [-0.4, -0.2) is 39.7 Å². The van der Waals surface area contributed by atoms with Gasteiger partial charge >= 0.3 is 0 Å². The van der Waals surface area contributed by atoms with Crippen LogP contribution in [0.25, 0.3) is 0 Å². The van der Waals surface area contributed by atoms with Crippen molar-refractivity contribution in [2.75, 3.05) is 32.8 Å². The molecule has 7 nitrogen and oxygen atoms in total. The van der Waals surface area contributed by atoms with E-state index in [1.807, 2.05) is 25.1 Å². The Bertz CT molecular complexity index is 851. The predicted octanol–water partition coefficient (Wildman–Crippen LogP) is 2.69. The highest BCUT2D eigenvalue weighted by atomic mass is 16.5.